The second-order valence-electron chi connectivity index (χ2n) is 7.29. The minimum atomic E-state index is -2.29. The van der Waals surface area contributed by atoms with Crippen LogP contribution < -0.4 is 5.30 Å². The normalized spacial score (nSPS) is 14.7. The average Bonchev–Trinajstić information content (AvgIpc) is 2.82. The van der Waals surface area contributed by atoms with E-state index in [0.717, 1.165) is 24.8 Å². The van der Waals surface area contributed by atoms with E-state index in [-0.39, 0.29) is 5.78 Å². The van der Waals surface area contributed by atoms with Crippen molar-refractivity contribution in [2.75, 3.05) is 0 Å². The molecule has 0 saturated carbocycles. The van der Waals surface area contributed by atoms with Gasteiger partial charge in [0.1, 0.15) is 0 Å². The quantitative estimate of drug-likeness (QED) is 0.211. The molecule has 0 spiro atoms. The van der Waals surface area contributed by atoms with Crippen molar-refractivity contribution < 1.29 is 4.79 Å². The molecule has 0 amide bonds. The number of carbonyl (C=O) groups excluding carboxylic acids is 1. The Balaban J connectivity index is 2.98. The summed E-state index contributed by atoms with van der Waals surface area (Å²) >= 11 is 0. The van der Waals surface area contributed by atoms with Gasteiger partial charge in [-0.05, 0) is 54.8 Å². The topological polar surface area (TPSA) is 17.1 Å². The van der Waals surface area contributed by atoms with Gasteiger partial charge in [0, 0.05) is 5.56 Å². The van der Waals surface area contributed by atoms with Crippen molar-refractivity contribution in [2.45, 2.75) is 47.0 Å². The predicted octanol–water partition coefficient (Wildman–Crippen LogP) is 8.14. The molecule has 31 heavy (non-hydrogen) atoms. The standard InChI is InChI=1S/C29H35OP/c1-5-9-20-26(8-4)31(28-22-15-12-16-23-28,27(17-7-3)21-10-6-2)24-29(30)25-18-13-11-14-19-25/h8-24H,5-7H2,1-4H3/b20-9-,21-10-,26-8+,27-17+. The number of allylic oxidation sites excluding steroid dienone is 8. The number of carbonyl (C=O) groups is 1. The molecular formula is C29H35OP. The lowest BCUT2D eigenvalue weighted by molar-refractivity contribution is 0.107. The molecule has 2 aromatic rings. The Labute approximate surface area is 188 Å². The molecule has 1 unspecified atom stereocenters. The second-order valence-corrected chi connectivity index (χ2v) is 10.5. The molecule has 1 atom stereocenters. The van der Waals surface area contributed by atoms with E-state index in [2.05, 4.69) is 88.4 Å². The van der Waals surface area contributed by atoms with Crippen LogP contribution in [-0.4, -0.2) is 11.6 Å². The fourth-order valence-corrected chi connectivity index (χ4v) is 7.66. The van der Waals surface area contributed by atoms with Gasteiger partial charge in [-0.2, -0.15) is 0 Å². The second kappa shape index (κ2) is 12.9. The van der Waals surface area contributed by atoms with Gasteiger partial charge in [-0.3, -0.25) is 4.79 Å². The Hall–Kier alpha value is -2.63. The number of ketones is 1. The van der Waals surface area contributed by atoms with Crippen LogP contribution in [0.3, 0.4) is 0 Å². The van der Waals surface area contributed by atoms with Crippen molar-refractivity contribution in [3.63, 3.8) is 0 Å². The number of hydrogen-bond donors (Lipinski definition) is 0. The van der Waals surface area contributed by atoms with Crippen molar-refractivity contribution in [1.82, 2.24) is 0 Å². The summed E-state index contributed by atoms with van der Waals surface area (Å²) in [5.74, 6) is 2.10. The minimum Gasteiger partial charge on any atom is -0.289 e. The third-order valence-corrected chi connectivity index (χ3v) is 9.21. The van der Waals surface area contributed by atoms with Crippen LogP contribution in [0, 0.1) is 0 Å². The summed E-state index contributed by atoms with van der Waals surface area (Å²) in [4.78, 5) is 13.6. The Bertz CT molecular complexity index is 1010. The number of benzene rings is 2. The summed E-state index contributed by atoms with van der Waals surface area (Å²) in [7, 11) is 0. The first-order chi connectivity index (χ1) is 15.1. The lowest BCUT2D eigenvalue weighted by atomic mass is 10.2. The average molecular weight is 431 g/mol. The fourth-order valence-electron chi connectivity index (χ4n) is 3.62. The highest BCUT2D eigenvalue weighted by Crippen LogP contribution is 2.62. The lowest BCUT2D eigenvalue weighted by Crippen LogP contribution is -2.14. The summed E-state index contributed by atoms with van der Waals surface area (Å²) in [5, 5.41) is 3.65. The van der Waals surface area contributed by atoms with E-state index in [1.165, 1.54) is 15.9 Å². The number of hydrogen-bond acceptors (Lipinski definition) is 1. The number of rotatable bonds is 10. The Kier molecular flexibility index (Phi) is 10.3. The van der Waals surface area contributed by atoms with E-state index in [1.54, 1.807) is 0 Å². The van der Waals surface area contributed by atoms with Crippen LogP contribution >= 0.6 is 6.89 Å². The van der Waals surface area contributed by atoms with E-state index < -0.39 is 6.89 Å². The SMILES string of the molecule is C/C=C(\C=C/CC)P(=CC(=O)c1ccccc1)(C(/C=C\CC)=C/CC)c1ccccc1. The molecule has 1 nitrogen and oxygen atoms in total. The van der Waals surface area contributed by atoms with Crippen LogP contribution in [0.1, 0.15) is 57.3 Å². The van der Waals surface area contributed by atoms with Gasteiger partial charge in [0.2, 0.25) is 0 Å². The van der Waals surface area contributed by atoms with Crippen molar-refractivity contribution >= 4 is 23.8 Å². The van der Waals surface area contributed by atoms with Gasteiger partial charge in [0.25, 0.3) is 0 Å². The van der Waals surface area contributed by atoms with E-state index in [0.29, 0.717) is 0 Å². The van der Waals surface area contributed by atoms with Gasteiger partial charge in [0.05, 0.1) is 0 Å². The summed E-state index contributed by atoms with van der Waals surface area (Å²) in [6, 6.07) is 20.2. The van der Waals surface area contributed by atoms with Gasteiger partial charge in [0.15, 0.2) is 5.78 Å². The summed E-state index contributed by atoms with van der Waals surface area (Å²) in [6.07, 6.45) is 16.2. The first kappa shape index (κ1) is 24.6. The van der Waals surface area contributed by atoms with Crippen LogP contribution in [0.4, 0.5) is 0 Å². The van der Waals surface area contributed by atoms with Gasteiger partial charge >= 0.3 is 0 Å². The Morgan fingerprint density at radius 1 is 0.774 bits per heavy atom. The van der Waals surface area contributed by atoms with Crippen LogP contribution in [0.5, 0.6) is 0 Å². The summed E-state index contributed by atoms with van der Waals surface area (Å²) in [6.45, 7) is 6.25. The molecule has 0 aliphatic carbocycles. The largest absolute Gasteiger partial charge is 0.289 e. The fraction of sp³-hybridized carbons (Fsp3) is 0.241. The third-order valence-electron chi connectivity index (χ3n) is 5.10. The zero-order valence-electron chi connectivity index (χ0n) is 19.3. The highest BCUT2D eigenvalue weighted by Gasteiger charge is 2.28. The predicted molar refractivity (Wildman–Crippen MR) is 141 cm³/mol. The first-order valence-electron chi connectivity index (χ1n) is 11.2. The molecule has 0 fully saturated rings. The van der Waals surface area contributed by atoms with E-state index >= 15 is 0 Å². The third kappa shape index (κ3) is 6.18. The summed E-state index contributed by atoms with van der Waals surface area (Å²) < 4.78 is 0. The Morgan fingerprint density at radius 3 is 1.84 bits per heavy atom. The molecule has 162 valence electrons. The van der Waals surface area contributed by atoms with Crippen molar-refractivity contribution in [3.8, 4) is 0 Å². The van der Waals surface area contributed by atoms with Gasteiger partial charge in [-0.25, -0.2) is 0 Å². The van der Waals surface area contributed by atoms with Crippen LogP contribution in [-0.2, 0) is 0 Å². The molecule has 2 rings (SSSR count). The lowest BCUT2D eigenvalue weighted by Gasteiger charge is -2.30. The molecule has 0 aliphatic rings. The van der Waals surface area contributed by atoms with Gasteiger partial charge in [-0.15, -0.1) is 0 Å². The molecule has 0 N–H and O–H groups in total. The zero-order valence-corrected chi connectivity index (χ0v) is 20.2. The van der Waals surface area contributed by atoms with Crippen molar-refractivity contribution in [3.05, 3.63) is 113 Å². The van der Waals surface area contributed by atoms with Gasteiger partial charge < -0.3 is 0 Å². The highest BCUT2D eigenvalue weighted by molar-refractivity contribution is 7.90. The van der Waals surface area contributed by atoms with Crippen molar-refractivity contribution in [2.24, 2.45) is 0 Å². The zero-order chi connectivity index (χ0) is 22.5. The molecule has 2 heteroatoms. The molecule has 0 radical (unpaired) electrons. The Morgan fingerprint density at radius 2 is 1.32 bits per heavy atom. The molecule has 0 bridgehead atoms. The number of Topliss-reactive ketones (excluding diaryl/α,β-unsaturated/α-hetero) is 1. The van der Waals surface area contributed by atoms with Crippen LogP contribution in [0.15, 0.2) is 108 Å². The molecular weight excluding hydrogens is 395 g/mol. The maximum absolute atomic E-state index is 13.6. The van der Waals surface area contributed by atoms with Gasteiger partial charge in [-0.1, -0.05) is 118 Å². The monoisotopic (exact) mass is 430 g/mol. The summed E-state index contributed by atoms with van der Waals surface area (Å²) in [5.41, 5.74) is 0.730. The molecule has 2 aromatic carbocycles. The molecule has 0 saturated heterocycles. The van der Waals surface area contributed by atoms with Crippen LogP contribution in [0.25, 0.3) is 0 Å². The highest BCUT2D eigenvalue weighted by atomic mass is 31.2. The molecule has 0 aliphatic heterocycles. The van der Waals surface area contributed by atoms with E-state index in [9.17, 15) is 4.79 Å². The smallest absolute Gasteiger partial charge is 0.186 e. The van der Waals surface area contributed by atoms with E-state index in [1.807, 2.05) is 42.2 Å². The first-order valence-corrected chi connectivity index (χ1v) is 13.1. The van der Waals surface area contributed by atoms with Crippen LogP contribution in [0.2, 0.25) is 0 Å². The maximum atomic E-state index is 13.6. The maximum Gasteiger partial charge on any atom is 0.186 e. The molecule has 0 aromatic heterocycles. The minimum absolute atomic E-state index is 0.0777. The molecule has 0 heterocycles. The van der Waals surface area contributed by atoms with Crippen molar-refractivity contribution in [1.29, 1.82) is 0 Å². The van der Waals surface area contributed by atoms with E-state index in [4.69, 9.17) is 0 Å².